The average molecular weight is 495 g/mol. The van der Waals surface area contributed by atoms with Crippen LogP contribution in [0.4, 0.5) is 23.0 Å². The van der Waals surface area contributed by atoms with Crippen LogP contribution in [0, 0.1) is 0 Å². The highest BCUT2D eigenvalue weighted by Crippen LogP contribution is 2.33. The van der Waals surface area contributed by atoms with E-state index in [1.54, 1.807) is 31.4 Å². The van der Waals surface area contributed by atoms with Crippen LogP contribution in [-0.2, 0) is 4.79 Å². The molecule has 1 aliphatic rings. The number of rotatable bonds is 8. The molecule has 10 heteroatoms. The monoisotopic (exact) mass is 494 g/mol. The lowest BCUT2D eigenvalue weighted by atomic mass is 10.2. The number of nitrogens with one attached hydrogen (secondary N) is 2. The fraction of sp³-hybridized carbons (Fsp3) is 0.240. The first-order valence-corrected chi connectivity index (χ1v) is 11.5. The van der Waals surface area contributed by atoms with Crippen molar-refractivity contribution in [2.24, 2.45) is 0 Å². The summed E-state index contributed by atoms with van der Waals surface area (Å²) in [7, 11) is 3.76. The molecule has 0 aliphatic carbocycles. The van der Waals surface area contributed by atoms with Gasteiger partial charge < -0.3 is 29.9 Å². The number of halogens is 1. The maximum Gasteiger partial charge on any atom is 0.247 e. The number of aromatic nitrogens is 2. The summed E-state index contributed by atoms with van der Waals surface area (Å²) >= 11 is 6.26. The molecule has 182 valence electrons. The quantitative estimate of drug-likeness (QED) is 0.441. The minimum absolute atomic E-state index is 0.195. The third kappa shape index (κ3) is 6.20. The summed E-state index contributed by atoms with van der Waals surface area (Å²) in [5.41, 5.74) is 2.45. The zero-order valence-electron chi connectivity index (χ0n) is 19.6. The van der Waals surface area contributed by atoms with Crippen LogP contribution in [0.25, 0.3) is 0 Å². The van der Waals surface area contributed by atoms with Gasteiger partial charge in [-0.15, -0.1) is 0 Å². The fourth-order valence-corrected chi connectivity index (χ4v) is 3.69. The fourth-order valence-electron chi connectivity index (χ4n) is 3.56. The van der Waals surface area contributed by atoms with E-state index >= 15 is 0 Å². The molecule has 2 N–H and O–H groups in total. The normalized spacial score (nSPS) is 13.7. The number of carbonyl (C=O) groups is 1. The number of benzene rings is 2. The van der Waals surface area contributed by atoms with Crippen molar-refractivity contribution in [3.05, 3.63) is 66.3 Å². The lowest BCUT2D eigenvalue weighted by molar-refractivity contribution is -0.111. The van der Waals surface area contributed by atoms with E-state index in [0.29, 0.717) is 23.1 Å². The summed E-state index contributed by atoms with van der Waals surface area (Å²) in [5, 5.41) is 6.12. The Kier molecular flexibility index (Phi) is 7.69. The number of carbonyl (C=O) groups excluding carboxylic acids is 1. The number of hydrogen-bond acceptors (Lipinski definition) is 8. The largest absolute Gasteiger partial charge is 0.494 e. The molecule has 1 aromatic heterocycles. The average Bonchev–Trinajstić information content (AvgIpc) is 2.88. The Bertz CT molecular complexity index is 1200. The van der Waals surface area contributed by atoms with E-state index in [2.05, 4.69) is 50.1 Å². The van der Waals surface area contributed by atoms with Crippen molar-refractivity contribution in [1.82, 2.24) is 14.9 Å². The Hall–Kier alpha value is -3.82. The van der Waals surface area contributed by atoms with Crippen molar-refractivity contribution in [3.8, 4) is 17.4 Å². The third-order valence-electron chi connectivity index (χ3n) is 5.53. The highest BCUT2D eigenvalue weighted by Gasteiger charge is 2.17. The van der Waals surface area contributed by atoms with E-state index in [0.717, 1.165) is 37.6 Å². The van der Waals surface area contributed by atoms with Gasteiger partial charge in [-0.3, -0.25) is 4.79 Å². The smallest absolute Gasteiger partial charge is 0.247 e. The van der Waals surface area contributed by atoms with Crippen molar-refractivity contribution in [3.63, 3.8) is 0 Å². The summed E-state index contributed by atoms with van der Waals surface area (Å²) < 4.78 is 11.5. The van der Waals surface area contributed by atoms with Crippen LogP contribution in [0.5, 0.6) is 17.4 Å². The Morgan fingerprint density at radius 1 is 1.14 bits per heavy atom. The van der Waals surface area contributed by atoms with Gasteiger partial charge in [0.2, 0.25) is 17.7 Å². The zero-order valence-corrected chi connectivity index (χ0v) is 20.4. The first-order valence-electron chi connectivity index (χ1n) is 11.1. The van der Waals surface area contributed by atoms with Gasteiger partial charge in [0.05, 0.1) is 19.0 Å². The molecule has 0 bridgehead atoms. The Morgan fingerprint density at radius 3 is 2.57 bits per heavy atom. The predicted octanol–water partition coefficient (Wildman–Crippen LogP) is 4.55. The molecule has 0 atom stereocenters. The number of piperazine rings is 1. The highest BCUT2D eigenvalue weighted by atomic mass is 35.5. The molecule has 3 aromatic rings. The van der Waals surface area contributed by atoms with Gasteiger partial charge in [0.15, 0.2) is 0 Å². The van der Waals surface area contributed by atoms with Gasteiger partial charge in [-0.1, -0.05) is 18.2 Å². The summed E-state index contributed by atoms with van der Waals surface area (Å²) in [6, 6.07) is 12.8. The second-order valence-electron chi connectivity index (χ2n) is 7.97. The number of likely N-dealkylation sites (N-methyl/N-ethyl adjacent to an activating group) is 1. The third-order valence-corrected chi connectivity index (χ3v) is 5.79. The maximum atomic E-state index is 11.4. The minimum Gasteiger partial charge on any atom is -0.494 e. The molecule has 2 aromatic carbocycles. The SMILES string of the molecule is C=CC(=O)Nc1ccc(Oc2nc(Nc3ccc(N4CCN(C)CC4)cc3OC)ncc2Cl)cc1. The second kappa shape index (κ2) is 11.1. The van der Waals surface area contributed by atoms with Crippen LogP contribution in [-0.4, -0.2) is 61.1 Å². The predicted molar refractivity (Wildman–Crippen MR) is 138 cm³/mol. The molecule has 1 aliphatic heterocycles. The topological polar surface area (TPSA) is 91.8 Å². The van der Waals surface area contributed by atoms with Crippen LogP contribution < -0.4 is 25.0 Å². The molecule has 1 saturated heterocycles. The van der Waals surface area contributed by atoms with Gasteiger partial charge in [-0.05, 0) is 49.5 Å². The van der Waals surface area contributed by atoms with Crippen molar-refractivity contribution in [1.29, 1.82) is 0 Å². The first-order chi connectivity index (χ1) is 16.9. The molecule has 0 radical (unpaired) electrons. The summed E-state index contributed by atoms with van der Waals surface area (Å²) in [4.78, 5) is 24.8. The highest BCUT2D eigenvalue weighted by molar-refractivity contribution is 6.31. The van der Waals surface area contributed by atoms with Gasteiger partial charge in [0, 0.05) is 43.6 Å². The van der Waals surface area contributed by atoms with E-state index in [4.69, 9.17) is 21.1 Å². The van der Waals surface area contributed by atoms with Gasteiger partial charge >= 0.3 is 0 Å². The standard InChI is InChI=1S/C25H27ClN6O3/c1-4-23(33)28-17-5-8-19(9-6-17)35-24-20(26)16-27-25(30-24)29-21-10-7-18(15-22(21)34-3)32-13-11-31(2)12-14-32/h4-10,15-16H,1,11-14H2,2-3H3,(H,28,33)(H,27,29,30). The molecular weight excluding hydrogens is 468 g/mol. The van der Waals surface area contributed by atoms with Crippen molar-refractivity contribution in [2.75, 3.05) is 55.9 Å². The van der Waals surface area contributed by atoms with Gasteiger partial charge in [0.25, 0.3) is 0 Å². The summed E-state index contributed by atoms with van der Waals surface area (Å²) in [6.07, 6.45) is 2.67. The van der Waals surface area contributed by atoms with E-state index < -0.39 is 0 Å². The van der Waals surface area contributed by atoms with E-state index in [9.17, 15) is 4.79 Å². The number of nitrogens with zero attached hydrogens (tertiary/aromatic N) is 4. The van der Waals surface area contributed by atoms with Crippen LogP contribution in [0.3, 0.4) is 0 Å². The van der Waals surface area contributed by atoms with Crippen molar-refractivity contribution >= 4 is 40.5 Å². The molecule has 2 heterocycles. The lowest BCUT2D eigenvalue weighted by Gasteiger charge is -2.34. The number of hydrogen-bond donors (Lipinski definition) is 2. The molecule has 35 heavy (non-hydrogen) atoms. The van der Waals surface area contributed by atoms with Crippen LogP contribution in [0.2, 0.25) is 5.02 Å². The minimum atomic E-state index is -0.291. The Morgan fingerprint density at radius 2 is 1.89 bits per heavy atom. The summed E-state index contributed by atoms with van der Waals surface area (Å²) in [5.74, 6) is 1.40. The van der Waals surface area contributed by atoms with Crippen LogP contribution in [0.1, 0.15) is 0 Å². The summed E-state index contributed by atoms with van der Waals surface area (Å²) in [6.45, 7) is 7.42. The van der Waals surface area contributed by atoms with Crippen LogP contribution >= 0.6 is 11.6 Å². The molecule has 0 unspecified atom stereocenters. The Labute approximate surface area is 209 Å². The van der Waals surface area contributed by atoms with Crippen molar-refractivity contribution in [2.45, 2.75) is 0 Å². The van der Waals surface area contributed by atoms with Crippen LogP contribution in [0.15, 0.2) is 61.3 Å². The molecule has 9 nitrogen and oxygen atoms in total. The van der Waals surface area contributed by atoms with E-state index in [1.807, 2.05) is 12.1 Å². The van der Waals surface area contributed by atoms with E-state index in [1.165, 1.54) is 12.3 Å². The number of amides is 1. The molecule has 0 spiro atoms. The molecule has 4 rings (SSSR count). The number of ether oxygens (including phenoxy) is 2. The number of methoxy groups -OCH3 is 1. The molecule has 1 fully saturated rings. The molecular formula is C25H27ClN6O3. The zero-order chi connectivity index (χ0) is 24.8. The first kappa shape index (κ1) is 24.3. The second-order valence-corrected chi connectivity index (χ2v) is 8.37. The maximum absolute atomic E-state index is 11.4. The van der Waals surface area contributed by atoms with Gasteiger partial charge in [-0.25, -0.2) is 4.98 Å². The van der Waals surface area contributed by atoms with Gasteiger partial charge in [-0.2, -0.15) is 4.98 Å². The Balaban J connectivity index is 1.47. The number of anilines is 4. The van der Waals surface area contributed by atoms with Gasteiger partial charge in [0.1, 0.15) is 16.5 Å². The van der Waals surface area contributed by atoms with E-state index in [-0.39, 0.29) is 16.8 Å². The molecule has 0 saturated carbocycles. The van der Waals surface area contributed by atoms with Crippen molar-refractivity contribution < 1.29 is 14.3 Å². The lowest BCUT2D eigenvalue weighted by Crippen LogP contribution is -2.44. The molecule has 1 amide bonds.